The van der Waals surface area contributed by atoms with Gasteiger partial charge in [-0.1, -0.05) is 51.3 Å². The van der Waals surface area contributed by atoms with Gasteiger partial charge in [0.1, 0.15) is 5.75 Å². The number of rotatable bonds is 6. The molecular formula is C16H23ClLiO2P. The molecule has 5 heteroatoms. The zero-order valence-electron chi connectivity index (χ0n) is 13.9. The Morgan fingerprint density at radius 2 is 2.00 bits per heavy atom. The summed E-state index contributed by atoms with van der Waals surface area (Å²) < 4.78 is 5.22. The van der Waals surface area contributed by atoms with Crippen LogP contribution in [-0.2, 0) is 0 Å². The van der Waals surface area contributed by atoms with Crippen molar-refractivity contribution in [3.63, 3.8) is 0 Å². The summed E-state index contributed by atoms with van der Waals surface area (Å²) in [4.78, 5) is 12.3. The van der Waals surface area contributed by atoms with Crippen LogP contribution in [0.5, 0.6) is 5.75 Å². The molecule has 0 aliphatic carbocycles. The average molecular weight is 321 g/mol. The van der Waals surface area contributed by atoms with Crippen molar-refractivity contribution >= 4 is 25.7 Å². The number of methoxy groups -OCH3 is 1. The number of halogens is 1. The van der Waals surface area contributed by atoms with E-state index >= 15 is 0 Å². The van der Waals surface area contributed by atoms with E-state index in [1.165, 1.54) is 0 Å². The summed E-state index contributed by atoms with van der Waals surface area (Å²) >= 11 is 6.12. The molecule has 21 heavy (non-hydrogen) atoms. The molecule has 0 aliphatic heterocycles. The molecule has 1 atom stereocenters. The van der Waals surface area contributed by atoms with Crippen LogP contribution >= 0.6 is 20.2 Å². The van der Waals surface area contributed by atoms with Gasteiger partial charge in [-0.05, 0) is 24.0 Å². The maximum atomic E-state index is 12.3. The Hall–Kier alpha value is 0.00740. The fourth-order valence-corrected chi connectivity index (χ4v) is 3.62. The molecule has 1 rings (SSSR count). The minimum Gasteiger partial charge on any atom is -0.496 e. The molecule has 0 fully saturated rings. The van der Waals surface area contributed by atoms with E-state index in [0.29, 0.717) is 27.7 Å². The summed E-state index contributed by atoms with van der Waals surface area (Å²) in [5, 5.41) is 0.463. The summed E-state index contributed by atoms with van der Waals surface area (Å²) in [6, 6.07) is 5.29. The summed E-state index contributed by atoms with van der Waals surface area (Å²) in [6.45, 7) is 8.85. The minimum atomic E-state index is 0. The molecule has 0 N–H and O–H groups in total. The fourth-order valence-electron chi connectivity index (χ4n) is 2.31. The van der Waals surface area contributed by atoms with Gasteiger partial charge in [-0.3, -0.25) is 0 Å². The summed E-state index contributed by atoms with van der Waals surface area (Å²) in [6.07, 6.45) is 1.96. The van der Waals surface area contributed by atoms with E-state index in [1.807, 2.05) is 0 Å². The molecule has 1 aromatic rings. The second-order valence-corrected chi connectivity index (χ2v) is 7.83. The Balaban J connectivity index is 0.00000400. The molecule has 0 aromatic heterocycles. The van der Waals surface area contributed by atoms with E-state index in [2.05, 4.69) is 27.7 Å². The summed E-state index contributed by atoms with van der Waals surface area (Å²) in [5.41, 5.74) is 0.828. The third-order valence-corrected chi connectivity index (χ3v) is 4.55. The maximum Gasteiger partial charge on any atom is 1.00 e. The molecule has 0 heterocycles. The maximum absolute atomic E-state index is 12.3. The number of benzene rings is 1. The van der Waals surface area contributed by atoms with Crippen LogP contribution in [0.25, 0.3) is 0 Å². The molecule has 0 saturated heterocycles. The van der Waals surface area contributed by atoms with Gasteiger partial charge >= 0.3 is 18.9 Å². The van der Waals surface area contributed by atoms with Gasteiger partial charge in [-0.25, -0.2) is 0 Å². The Labute approximate surface area is 147 Å². The standard InChI is InChI=1S/C16H23ClO2P.Li/c1-11(9-16(2,3)4)10-20-15(18)14-12(17)7-6-8-13(14)19-5;/h6-8,11H,9-10H2,1-5H3;/q-1;+1. The number of hydrogen-bond acceptors (Lipinski definition) is 2. The zero-order chi connectivity index (χ0) is 15.3. The van der Waals surface area contributed by atoms with E-state index in [4.69, 9.17) is 16.3 Å². The molecule has 0 aliphatic rings. The van der Waals surface area contributed by atoms with Crippen LogP contribution in [-0.4, -0.2) is 18.8 Å². The second kappa shape index (κ2) is 9.21. The average Bonchev–Trinajstić information content (AvgIpc) is 2.33. The summed E-state index contributed by atoms with van der Waals surface area (Å²) in [5.74, 6) is 1.06. The van der Waals surface area contributed by atoms with Gasteiger partial charge in [0.15, 0.2) is 0 Å². The normalized spacial score (nSPS) is 13.0. The van der Waals surface area contributed by atoms with Crippen molar-refractivity contribution in [3.8, 4) is 5.75 Å². The van der Waals surface area contributed by atoms with E-state index in [0.717, 1.165) is 21.2 Å². The molecule has 0 spiro atoms. The van der Waals surface area contributed by atoms with Gasteiger partial charge in [0.05, 0.1) is 12.1 Å². The van der Waals surface area contributed by atoms with Crippen molar-refractivity contribution in [2.75, 3.05) is 13.3 Å². The van der Waals surface area contributed by atoms with E-state index < -0.39 is 0 Å². The Morgan fingerprint density at radius 1 is 1.38 bits per heavy atom. The Morgan fingerprint density at radius 3 is 2.52 bits per heavy atom. The molecule has 112 valence electrons. The first-order valence-corrected chi connectivity index (χ1v) is 8.24. The number of hydrogen-bond donors (Lipinski definition) is 0. The Bertz CT molecular complexity index is 472. The molecule has 1 aromatic carbocycles. The number of carbonyl (C=O) groups excluding carboxylic acids is 1. The minimum absolute atomic E-state index is 0. The predicted octanol–water partition coefficient (Wildman–Crippen LogP) is 2.51. The zero-order valence-corrected chi connectivity index (χ0v) is 15.5. The monoisotopic (exact) mass is 320 g/mol. The molecule has 0 amide bonds. The SMILES string of the molecule is COc1cccc(Cl)c1C(=O)[P-]CC(C)CC(C)(C)C.[Li+]. The third kappa shape index (κ3) is 7.21. The van der Waals surface area contributed by atoms with Gasteiger partial charge in [0, 0.05) is 11.1 Å². The Kier molecular flexibility index (Phi) is 9.22. The van der Waals surface area contributed by atoms with E-state index in [1.54, 1.807) is 25.3 Å². The number of ether oxygens (including phenoxy) is 1. The quantitative estimate of drug-likeness (QED) is 0.595. The van der Waals surface area contributed by atoms with Gasteiger partial charge < -0.3 is 18.1 Å². The number of carbonyl (C=O) groups is 1. The van der Waals surface area contributed by atoms with Crippen molar-refractivity contribution in [1.82, 2.24) is 0 Å². The second-order valence-electron chi connectivity index (χ2n) is 6.33. The summed E-state index contributed by atoms with van der Waals surface area (Å²) in [7, 11) is 2.34. The van der Waals surface area contributed by atoms with Crippen LogP contribution in [0, 0.1) is 11.3 Å². The van der Waals surface area contributed by atoms with E-state index in [9.17, 15) is 4.79 Å². The van der Waals surface area contributed by atoms with Crippen LogP contribution in [0.1, 0.15) is 44.5 Å². The van der Waals surface area contributed by atoms with Crippen molar-refractivity contribution in [2.24, 2.45) is 11.3 Å². The van der Waals surface area contributed by atoms with Crippen molar-refractivity contribution < 1.29 is 28.4 Å². The van der Waals surface area contributed by atoms with Crippen LogP contribution in [0.2, 0.25) is 5.02 Å². The van der Waals surface area contributed by atoms with Crippen molar-refractivity contribution in [3.05, 3.63) is 28.8 Å². The van der Waals surface area contributed by atoms with Gasteiger partial charge in [-0.2, -0.15) is 6.16 Å². The predicted molar refractivity (Wildman–Crippen MR) is 87.4 cm³/mol. The molecule has 0 bridgehead atoms. The van der Waals surface area contributed by atoms with Crippen LogP contribution in [0.4, 0.5) is 0 Å². The van der Waals surface area contributed by atoms with Gasteiger partial charge in [0.2, 0.25) is 0 Å². The molecule has 0 radical (unpaired) electrons. The van der Waals surface area contributed by atoms with Crippen molar-refractivity contribution in [2.45, 2.75) is 34.1 Å². The molecule has 2 nitrogen and oxygen atoms in total. The first-order valence-electron chi connectivity index (χ1n) is 6.79. The van der Waals surface area contributed by atoms with Crippen LogP contribution in [0.3, 0.4) is 0 Å². The molecule has 1 unspecified atom stereocenters. The third-order valence-electron chi connectivity index (χ3n) is 2.92. The topological polar surface area (TPSA) is 26.3 Å². The first-order chi connectivity index (χ1) is 9.24. The largest absolute Gasteiger partial charge is 1.00 e. The smallest absolute Gasteiger partial charge is 0.496 e. The van der Waals surface area contributed by atoms with Gasteiger partial charge in [0.25, 0.3) is 0 Å². The molecular weight excluding hydrogens is 298 g/mol. The van der Waals surface area contributed by atoms with Crippen LogP contribution < -0.4 is 23.6 Å². The molecule has 0 saturated carbocycles. The van der Waals surface area contributed by atoms with Crippen molar-refractivity contribution in [1.29, 1.82) is 0 Å². The van der Waals surface area contributed by atoms with Gasteiger partial charge in [-0.15, -0.1) is 0 Å². The van der Waals surface area contributed by atoms with E-state index in [-0.39, 0.29) is 24.4 Å². The van der Waals surface area contributed by atoms with Crippen LogP contribution in [0.15, 0.2) is 18.2 Å². The first kappa shape index (κ1) is 21.0. The fraction of sp³-hybridized carbons (Fsp3) is 0.562.